The van der Waals surface area contributed by atoms with Crippen molar-refractivity contribution in [2.45, 2.75) is 81.2 Å². The van der Waals surface area contributed by atoms with Crippen molar-refractivity contribution >= 4 is 17.2 Å². The van der Waals surface area contributed by atoms with Crippen molar-refractivity contribution in [3.05, 3.63) is 21.9 Å². The third-order valence-corrected chi connectivity index (χ3v) is 8.38. The van der Waals surface area contributed by atoms with E-state index in [-0.39, 0.29) is 11.9 Å². The number of rotatable bonds is 7. The summed E-state index contributed by atoms with van der Waals surface area (Å²) >= 11 is 1.48. The number of halogens is 3. The zero-order valence-corrected chi connectivity index (χ0v) is 19.2. The quantitative estimate of drug-likeness (QED) is 0.640. The van der Waals surface area contributed by atoms with Crippen LogP contribution in [0.2, 0.25) is 0 Å². The lowest BCUT2D eigenvalue weighted by Gasteiger charge is -2.32. The topological polar surface area (TPSA) is 47.6 Å². The Morgan fingerprint density at radius 2 is 1.72 bits per heavy atom. The highest BCUT2D eigenvalue weighted by Gasteiger charge is 2.41. The first-order valence-electron chi connectivity index (χ1n) is 12.0. The summed E-state index contributed by atoms with van der Waals surface area (Å²) in [4.78, 5) is 17.4. The summed E-state index contributed by atoms with van der Waals surface area (Å²) in [7, 11) is 0. The van der Waals surface area contributed by atoms with E-state index in [2.05, 4.69) is 20.9 Å². The first-order valence-corrected chi connectivity index (χ1v) is 12.9. The highest BCUT2D eigenvalue weighted by Crippen LogP contribution is 2.43. The summed E-state index contributed by atoms with van der Waals surface area (Å²) in [5.74, 6) is 0.410. The number of likely N-dealkylation sites (tertiary alicyclic amines) is 2. The summed E-state index contributed by atoms with van der Waals surface area (Å²) in [5.41, 5.74) is 1.24. The van der Waals surface area contributed by atoms with E-state index in [1.54, 1.807) is 0 Å². The molecule has 5 nitrogen and oxygen atoms in total. The van der Waals surface area contributed by atoms with E-state index in [0.717, 1.165) is 12.5 Å². The van der Waals surface area contributed by atoms with Crippen LogP contribution in [0.4, 0.5) is 13.2 Å². The van der Waals surface area contributed by atoms with Crippen molar-refractivity contribution < 1.29 is 18.0 Å². The Bertz CT molecular complexity index is 795. The molecule has 178 valence electrons. The Balaban J connectivity index is 1.04. The Labute approximate surface area is 191 Å². The molecule has 2 saturated carbocycles. The van der Waals surface area contributed by atoms with Gasteiger partial charge in [0.2, 0.25) is 0 Å². The van der Waals surface area contributed by atoms with Crippen molar-refractivity contribution in [3.8, 4) is 0 Å². The van der Waals surface area contributed by atoms with E-state index in [9.17, 15) is 18.0 Å². The van der Waals surface area contributed by atoms with Gasteiger partial charge in [0.05, 0.1) is 11.4 Å². The molecule has 3 heterocycles. The van der Waals surface area contributed by atoms with Gasteiger partial charge in [0.15, 0.2) is 0 Å². The molecule has 5 rings (SSSR count). The zero-order chi connectivity index (χ0) is 22.3. The van der Waals surface area contributed by atoms with Crippen LogP contribution in [0.5, 0.6) is 0 Å². The van der Waals surface area contributed by atoms with Crippen LogP contribution in [0.3, 0.4) is 0 Å². The summed E-state index contributed by atoms with van der Waals surface area (Å²) in [5, 5.41) is 8.97. The number of hydrogen-bond acceptors (Lipinski definition) is 5. The molecule has 2 N–H and O–H groups in total. The molecule has 0 bridgehead atoms. The van der Waals surface area contributed by atoms with E-state index in [0.29, 0.717) is 48.8 Å². The van der Waals surface area contributed by atoms with Crippen LogP contribution < -0.4 is 10.6 Å². The van der Waals surface area contributed by atoms with E-state index < -0.39 is 12.7 Å². The van der Waals surface area contributed by atoms with Gasteiger partial charge < -0.3 is 15.5 Å². The summed E-state index contributed by atoms with van der Waals surface area (Å²) in [6, 6.07) is 3.98. The van der Waals surface area contributed by atoms with Crippen molar-refractivity contribution in [1.82, 2.24) is 20.4 Å². The molecule has 2 unspecified atom stereocenters. The van der Waals surface area contributed by atoms with E-state index >= 15 is 0 Å². The van der Waals surface area contributed by atoms with Crippen LogP contribution in [0.25, 0.3) is 0 Å². The number of hydrogen-bond donors (Lipinski definition) is 2. The molecule has 4 fully saturated rings. The Morgan fingerprint density at radius 1 is 1.03 bits per heavy atom. The largest absolute Gasteiger partial charge is 0.401 e. The van der Waals surface area contributed by atoms with Gasteiger partial charge >= 0.3 is 6.18 Å². The Hall–Kier alpha value is -1.16. The lowest BCUT2D eigenvalue weighted by atomic mass is 10.0. The molecular weight excluding hydrogens is 437 g/mol. The summed E-state index contributed by atoms with van der Waals surface area (Å²) in [6.45, 7) is 2.32. The zero-order valence-electron chi connectivity index (χ0n) is 18.4. The second kappa shape index (κ2) is 9.24. The minimum Gasteiger partial charge on any atom is -0.349 e. The molecule has 9 heteroatoms. The van der Waals surface area contributed by atoms with Crippen molar-refractivity contribution in [1.29, 1.82) is 0 Å². The third-order valence-electron chi connectivity index (χ3n) is 7.43. The first kappa shape index (κ1) is 22.6. The molecule has 1 amide bonds. The average molecular weight is 471 g/mol. The van der Waals surface area contributed by atoms with Crippen molar-refractivity contribution in [2.24, 2.45) is 0 Å². The number of alkyl halides is 3. The van der Waals surface area contributed by atoms with Gasteiger partial charge in [-0.3, -0.25) is 9.69 Å². The SMILES string of the molecule is O=C(NC1CCN(CC(F)(F)F)CC1)c1cc(C2CC2NC2CCN(C3CC3)CC2)cs1. The van der Waals surface area contributed by atoms with Crippen LogP contribution in [0, 0.1) is 0 Å². The third kappa shape index (κ3) is 5.85. The van der Waals surface area contributed by atoms with Gasteiger partial charge in [-0.15, -0.1) is 11.3 Å². The summed E-state index contributed by atoms with van der Waals surface area (Å²) < 4.78 is 37.6. The van der Waals surface area contributed by atoms with Gasteiger partial charge in [0.25, 0.3) is 5.91 Å². The predicted octanol–water partition coefficient (Wildman–Crippen LogP) is 3.58. The van der Waals surface area contributed by atoms with E-state index in [4.69, 9.17) is 0 Å². The number of carbonyl (C=O) groups excluding carboxylic acids is 1. The molecule has 2 saturated heterocycles. The molecule has 0 spiro atoms. The minimum atomic E-state index is -4.16. The van der Waals surface area contributed by atoms with Gasteiger partial charge in [0.1, 0.15) is 0 Å². The van der Waals surface area contributed by atoms with Crippen LogP contribution in [0.1, 0.15) is 66.1 Å². The standard InChI is InChI=1S/C23H33F3N4OS/c24-23(25,26)14-29-7-3-17(4-8-29)28-22(31)21-11-15(13-32-21)19-12-20(19)27-16-5-9-30(10-6-16)18-1-2-18/h11,13,16-20,27H,1-10,12,14H2,(H,28,31). The van der Waals surface area contributed by atoms with E-state index in [1.807, 2.05) is 6.07 Å². The number of amides is 1. The van der Waals surface area contributed by atoms with Crippen LogP contribution in [-0.2, 0) is 0 Å². The highest BCUT2D eigenvalue weighted by atomic mass is 32.1. The lowest BCUT2D eigenvalue weighted by molar-refractivity contribution is -0.148. The molecule has 4 aliphatic rings. The molecule has 2 aliphatic carbocycles. The summed E-state index contributed by atoms with van der Waals surface area (Å²) in [6.07, 6.45) is 3.34. The van der Waals surface area contributed by atoms with Crippen molar-refractivity contribution in [3.63, 3.8) is 0 Å². The molecule has 2 atom stereocenters. The molecule has 0 aromatic carbocycles. The Kier molecular flexibility index (Phi) is 6.53. The van der Waals surface area contributed by atoms with Crippen LogP contribution >= 0.6 is 11.3 Å². The average Bonchev–Trinajstić information content (AvgIpc) is 3.68. The molecule has 0 radical (unpaired) electrons. The van der Waals surface area contributed by atoms with Crippen molar-refractivity contribution in [2.75, 3.05) is 32.7 Å². The second-order valence-corrected chi connectivity index (χ2v) is 11.0. The number of carbonyl (C=O) groups is 1. The first-order chi connectivity index (χ1) is 15.3. The smallest absolute Gasteiger partial charge is 0.349 e. The maximum atomic E-state index is 12.7. The van der Waals surface area contributed by atoms with Crippen LogP contribution in [0.15, 0.2) is 11.4 Å². The fourth-order valence-electron chi connectivity index (χ4n) is 5.33. The predicted molar refractivity (Wildman–Crippen MR) is 119 cm³/mol. The fourth-order valence-corrected chi connectivity index (χ4v) is 6.21. The Morgan fingerprint density at radius 3 is 2.38 bits per heavy atom. The number of piperidine rings is 2. The number of nitrogens with zero attached hydrogens (tertiary/aromatic N) is 2. The van der Waals surface area contributed by atoms with Gasteiger partial charge in [-0.25, -0.2) is 0 Å². The van der Waals surface area contributed by atoms with E-state index in [1.165, 1.54) is 60.6 Å². The maximum Gasteiger partial charge on any atom is 0.401 e. The van der Waals surface area contributed by atoms with Gasteiger partial charge in [0, 0.05) is 43.2 Å². The highest BCUT2D eigenvalue weighted by molar-refractivity contribution is 7.12. The van der Waals surface area contributed by atoms with Crippen LogP contribution in [-0.4, -0.2) is 78.8 Å². The molecule has 32 heavy (non-hydrogen) atoms. The maximum absolute atomic E-state index is 12.7. The van der Waals surface area contributed by atoms with Gasteiger partial charge in [-0.2, -0.15) is 13.2 Å². The monoisotopic (exact) mass is 470 g/mol. The molecule has 1 aromatic rings. The fraction of sp³-hybridized carbons (Fsp3) is 0.783. The lowest BCUT2D eigenvalue weighted by Crippen LogP contribution is -2.46. The molecule has 1 aromatic heterocycles. The normalized spacial score (nSPS) is 28.7. The minimum absolute atomic E-state index is 0.0469. The number of thiophene rings is 1. The number of nitrogens with one attached hydrogen (secondary N) is 2. The molecular formula is C23H33F3N4OS. The molecule has 2 aliphatic heterocycles. The van der Waals surface area contributed by atoms with Gasteiger partial charge in [-0.1, -0.05) is 0 Å². The second-order valence-electron chi connectivity index (χ2n) is 10.0. The van der Waals surface area contributed by atoms with Gasteiger partial charge in [-0.05, 0) is 75.0 Å².